The van der Waals surface area contributed by atoms with Crippen molar-refractivity contribution < 1.29 is 13.2 Å². The number of halogens is 3. The first kappa shape index (κ1) is 14.2. The molecular formula is C15H16F3N3. The molecule has 1 aromatic rings. The fraction of sp³-hybridized carbons (Fsp3) is 0.533. The Bertz CT molecular complexity index is 565. The maximum atomic E-state index is 12.7. The first-order chi connectivity index (χ1) is 9.95. The molecule has 2 unspecified atom stereocenters. The molecule has 3 nitrogen and oxygen atoms in total. The van der Waals surface area contributed by atoms with E-state index in [1.807, 2.05) is 6.07 Å². The Balaban J connectivity index is 1.78. The average Bonchev–Trinajstić information content (AvgIpc) is 2.77. The molecule has 0 aliphatic carbocycles. The molecule has 0 saturated carbocycles. The number of alkyl halides is 3. The van der Waals surface area contributed by atoms with Crippen LogP contribution in [-0.2, 0) is 6.18 Å². The van der Waals surface area contributed by atoms with Gasteiger partial charge in [0.05, 0.1) is 16.8 Å². The molecule has 1 aromatic carbocycles. The molecule has 0 aromatic heterocycles. The van der Waals surface area contributed by atoms with Crippen molar-refractivity contribution in [2.75, 3.05) is 5.32 Å². The van der Waals surface area contributed by atoms with Crippen LogP contribution in [0.15, 0.2) is 18.2 Å². The van der Waals surface area contributed by atoms with E-state index < -0.39 is 11.7 Å². The van der Waals surface area contributed by atoms with E-state index in [4.69, 9.17) is 5.26 Å². The van der Waals surface area contributed by atoms with Crippen molar-refractivity contribution in [2.24, 2.45) is 0 Å². The second-order valence-corrected chi connectivity index (χ2v) is 5.82. The third kappa shape index (κ3) is 2.98. The lowest BCUT2D eigenvalue weighted by molar-refractivity contribution is -0.137. The Morgan fingerprint density at radius 1 is 1.19 bits per heavy atom. The highest BCUT2D eigenvalue weighted by Crippen LogP contribution is 2.33. The molecule has 2 aliphatic heterocycles. The predicted molar refractivity (Wildman–Crippen MR) is 72.7 cm³/mol. The van der Waals surface area contributed by atoms with Crippen molar-refractivity contribution in [1.29, 1.82) is 5.26 Å². The molecule has 0 radical (unpaired) electrons. The summed E-state index contributed by atoms with van der Waals surface area (Å²) in [5.74, 6) is 0. The molecule has 2 bridgehead atoms. The van der Waals surface area contributed by atoms with Gasteiger partial charge in [0.1, 0.15) is 6.07 Å². The summed E-state index contributed by atoms with van der Waals surface area (Å²) in [4.78, 5) is 0. The number of nitrogens with one attached hydrogen (secondary N) is 2. The maximum Gasteiger partial charge on any atom is 0.416 e. The Hall–Kier alpha value is -1.74. The van der Waals surface area contributed by atoms with Crippen molar-refractivity contribution >= 4 is 5.69 Å². The van der Waals surface area contributed by atoms with Crippen LogP contribution >= 0.6 is 0 Å². The SMILES string of the molecule is N#Cc1cc(C(F)(F)F)ccc1NC1CC2CCC(C1)N2. The zero-order valence-corrected chi connectivity index (χ0v) is 11.4. The number of anilines is 1. The third-order valence-electron chi connectivity index (χ3n) is 4.30. The monoisotopic (exact) mass is 295 g/mol. The minimum Gasteiger partial charge on any atom is -0.381 e. The first-order valence-corrected chi connectivity index (χ1v) is 7.09. The van der Waals surface area contributed by atoms with Crippen molar-refractivity contribution in [1.82, 2.24) is 5.32 Å². The Morgan fingerprint density at radius 3 is 2.43 bits per heavy atom. The molecule has 2 aliphatic rings. The second kappa shape index (κ2) is 5.23. The normalized spacial score (nSPS) is 28.2. The Morgan fingerprint density at radius 2 is 1.86 bits per heavy atom. The quantitative estimate of drug-likeness (QED) is 0.880. The number of fused-ring (bicyclic) bond motifs is 2. The molecule has 2 N–H and O–H groups in total. The van der Waals surface area contributed by atoms with Gasteiger partial charge in [-0.15, -0.1) is 0 Å². The molecule has 0 spiro atoms. The highest BCUT2D eigenvalue weighted by atomic mass is 19.4. The lowest BCUT2D eigenvalue weighted by Crippen LogP contribution is -2.43. The van der Waals surface area contributed by atoms with Gasteiger partial charge in [-0.25, -0.2) is 0 Å². The summed E-state index contributed by atoms with van der Waals surface area (Å²) in [5, 5.41) is 15.8. The van der Waals surface area contributed by atoms with E-state index in [1.165, 1.54) is 6.07 Å². The van der Waals surface area contributed by atoms with Gasteiger partial charge in [0.25, 0.3) is 0 Å². The summed E-state index contributed by atoms with van der Waals surface area (Å²) < 4.78 is 38.0. The van der Waals surface area contributed by atoms with Crippen LogP contribution in [0, 0.1) is 11.3 Å². The number of benzene rings is 1. The zero-order chi connectivity index (χ0) is 15.0. The van der Waals surface area contributed by atoms with Gasteiger partial charge in [-0.3, -0.25) is 0 Å². The lowest BCUT2D eigenvalue weighted by atomic mass is 9.98. The topological polar surface area (TPSA) is 47.9 Å². The summed E-state index contributed by atoms with van der Waals surface area (Å²) in [6, 6.07) is 6.36. The Labute approximate surface area is 121 Å². The van der Waals surface area contributed by atoms with Crippen LogP contribution in [0.25, 0.3) is 0 Å². The number of nitriles is 1. The fourth-order valence-electron chi connectivity index (χ4n) is 3.33. The molecular weight excluding hydrogens is 279 g/mol. The number of nitrogens with zero attached hydrogens (tertiary/aromatic N) is 1. The van der Waals surface area contributed by atoms with Crippen LogP contribution in [0.2, 0.25) is 0 Å². The summed E-state index contributed by atoms with van der Waals surface area (Å²) in [6.45, 7) is 0. The molecule has 2 saturated heterocycles. The molecule has 2 atom stereocenters. The van der Waals surface area contributed by atoms with Crippen LogP contribution in [-0.4, -0.2) is 18.1 Å². The second-order valence-electron chi connectivity index (χ2n) is 5.82. The number of hydrogen-bond acceptors (Lipinski definition) is 3. The molecule has 6 heteroatoms. The van der Waals surface area contributed by atoms with Gasteiger partial charge >= 0.3 is 6.18 Å². The number of rotatable bonds is 2. The van der Waals surface area contributed by atoms with Crippen molar-refractivity contribution in [2.45, 2.75) is 50.0 Å². The molecule has 112 valence electrons. The van der Waals surface area contributed by atoms with Gasteiger partial charge in [0.2, 0.25) is 0 Å². The smallest absolute Gasteiger partial charge is 0.381 e. The number of hydrogen-bond donors (Lipinski definition) is 2. The van der Waals surface area contributed by atoms with Crippen LogP contribution in [0.3, 0.4) is 0 Å². The van der Waals surface area contributed by atoms with Crippen LogP contribution in [0.4, 0.5) is 18.9 Å². The highest BCUT2D eigenvalue weighted by Gasteiger charge is 2.34. The molecule has 2 heterocycles. The van der Waals surface area contributed by atoms with Gasteiger partial charge in [-0.05, 0) is 43.9 Å². The Kier molecular flexibility index (Phi) is 3.54. The third-order valence-corrected chi connectivity index (χ3v) is 4.30. The molecule has 21 heavy (non-hydrogen) atoms. The first-order valence-electron chi connectivity index (χ1n) is 7.09. The van der Waals surface area contributed by atoms with E-state index in [9.17, 15) is 13.2 Å². The van der Waals surface area contributed by atoms with Crippen LogP contribution in [0.1, 0.15) is 36.8 Å². The lowest BCUT2D eigenvalue weighted by Gasteiger charge is -2.30. The molecule has 2 fully saturated rings. The predicted octanol–water partition coefficient (Wildman–Crippen LogP) is 3.27. The minimum atomic E-state index is -4.42. The largest absolute Gasteiger partial charge is 0.416 e. The van der Waals surface area contributed by atoms with E-state index in [2.05, 4.69) is 10.6 Å². The van der Waals surface area contributed by atoms with Gasteiger partial charge in [-0.1, -0.05) is 0 Å². The van der Waals surface area contributed by atoms with E-state index in [-0.39, 0.29) is 11.6 Å². The number of piperidine rings is 1. The summed E-state index contributed by atoms with van der Waals surface area (Å²) in [6.07, 6.45) is -0.218. The van der Waals surface area contributed by atoms with Crippen molar-refractivity contribution in [3.8, 4) is 6.07 Å². The van der Waals surface area contributed by atoms with E-state index in [0.29, 0.717) is 17.8 Å². The van der Waals surface area contributed by atoms with Crippen molar-refractivity contribution in [3.63, 3.8) is 0 Å². The van der Waals surface area contributed by atoms with Gasteiger partial charge in [0.15, 0.2) is 0 Å². The summed E-state index contributed by atoms with van der Waals surface area (Å²) in [5.41, 5.74) is -0.234. The average molecular weight is 295 g/mol. The van der Waals surface area contributed by atoms with E-state index >= 15 is 0 Å². The summed E-state index contributed by atoms with van der Waals surface area (Å²) in [7, 11) is 0. The van der Waals surface area contributed by atoms with Gasteiger partial charge < -0.3 is 10.6 Å². The highest BCUT2D eigenvalue weighted by molar-refractivity contribution is 5.59. The van der Waals surface area contributed by atoms with Gasteiger partial charge in [-0.2, -0.15) is 18.4 Å². The summed E-state index contributed by atoms with van der Waals surface area (Å²) >= 11 is 0. The molecule has 0 amide bonds. The zero-order valence-electron chi connectivity index (χ0n) is 11.4. The maximum absolute atomic E-state index is 12.7. The van der Waals surface area contributed by atoms with Gasteiger partial charge in [0, 0.05) is 18.1 Å². The van der Waals surface area contributed by atoms with Crippen LogP contribution in [0.5, 0.6) is 0 Å². The van der Waals surface area contributed by atoms with E-state index in [0.717, 1.165) is 37.8 Å². The van der Waals surface area contributed by atoms with Crippen LogP contribution < -0.4 is 10.6 Å². The van der Waals surface area contributed by atoms with Crippen molar-refractivity contribution in [3.05, 3.63) is 29.3 Å². The fourth-order valence-corrected chi connectivity index (χ4v) is 3.33. The molecule has 3 rings (SSSR count). The minimum absolute atomic E-state index is 0.0516. The van der Waals surface area contributed by atoms with E-state index in [1.54, 1.807) is 0 Å². The standard InChI is InChI=1S/C15H16F3N3/c16-15(17,18)10-1-4-14(9(5-10)8-19)21-13-6-11-2-3-12(7-13)20-11/h1,4-5,11-13,20-21H,2-3,6-7H2.